The smallest absolute Gasteiger partial charge is 0.241 e. The molecule has 0 saturated carbocycles. The van der Waals surface area contributed by atoms with Gasteiger partial charge in [0.1, 0.15) is 5.75 Å². The second kappa shape index (κ2) is 7.76. The Bertz CT molecular complexity index is 728. The Labute approximate surface area is 152 Å². The Kier molecular flexibility index (Phi) is 5.46. The van der Waals surface area contributed by atoms with Crippen LogP contribution < -0.4 is 10.2 Å². The molecular formula is C19H22ClN3O2. The van der Waals surface area contributed by atoms with Crippen LogP contribution >= 0.6 is 11.6 Å². The molecule has 1 atom stereocenters. The van der Waals surface area contributed by atoms with Crippen LogP contribution in [0.15, 0.2) is 48.5 Å². The van der Waals surface area contributed by atoms with E-state index in [0.29, 0.717) is 10.7 Å². The number of phenols is 1. The Morgan fingerprint density at radius 3 is 2.44 bits per heavy atom. The maximum atomic E-state index is 12.5. The molecule has 0 radical (unpaired) electrons. The molecule has 0 bridgehead atoms. The van der Waals surface area contributed by atoms with Gasteiger partial charge in [-0.05, 0) is 49.4 Å². The summed E-state index contributed by atoms with van der Waals surface area (Å²) in [5.41, 5.74) is 1.81. The lowest BCUT2D eigenvalue weighted by molar-refractivity contribution is -0.120. The molecule has 1 aliphatic rings. The highest BCUT2D eigenvalue weighted by molar-refractivity contribution is 6.30. The summed E-state index contributed by atoms with van der Waals surface area (Å²) >= 11 is 5.96. The van der Waals surface area contributed by atoms with Gasteiger partial charge >= 0.3 is 0 Å². The number of rotatable bonds is 4. The van der Waals surface area contributed by atoms with E-state index in [-0.39, 0.29) is 17.7 Å². The number of benzene rings is 2. The number of halogens is 1. The topological polar surface area (TPSA) is 55.8 Å². The second-order valence-corrected chi connectivity index (χ2v) is 6.65. The fraction of sp³-hybridized carbons (Fsp3) is 0.316. The number of hydrogen-bond donors (Lipinski definition) is 2. The number of hydrogen-bond acceptors (Lipinski definition) is 4. The molecule has 3 rings (SSSR count). The average molecular weight is 360 g/mol. The van der Waals surface area contributed by atoms with Crippen LogP contribution in [-0.4, -0.2) is 48.1 Å². The summed E-state index contributed by atoms with van der Waals surface area (Å²) in [5.74, 6) is 0.244. The maximum Gasteiger partial charge on any atom is 0.241 e. The summed E-state index contributed by atoms with van der Waals surface area (Å²) in [6, 6.07) is 14.2. The van der Waals surface area contributed by atoms with Gasteiger partial charge in [0.25, 0.3) is 0 Å². The standard InChI is InChI=1S/C19H22ClN3O2/c1-14(19(25)21-16-4-2-3-15(20)13-16)22-9-11-23(12-10-22)17-5-7-18(24)8-6-17/h2-8,13-14,24H,9-12H2,1H3,(H,21,25). The van der Waals surface area contributed by atoms with Gasteiger partial charge in [-0.3, -0.25) is 9.69 Å². The van der Waals surface area contributed by atoms with Crippen LogP contribution in [0.4, 0.5) is 11.4 Å². The maximum absolute atomic E-state index is 12.5. The van der Waals surface area contributed by atoms with E-state index in [9.17, 15) is 9.90 Å². The first kappa shape index (κ1) is 17.6. The molecule has 2 aromatic carbocycles. The quantitative estimate of drug-likeness (QED) is 0.880. The van der Waals surface area contributed by atoms with Crippen LogP contribution in [0.1, 0.15) is 6.92 Å². The third-order valence-electron chi connectivity index (χ3n) is 4.55. The van der Waals surface area contributed by atoms with Gasteiger partial charge in [0.15, 0.2) is 0 Å². The average Bonchev–Trinajstić information content (AvgIpc) is 2.62. The third-order valence-corrected chi connectivity index (χ3v) is 4.78. The zero-order chi connectivity index (χ0) is 17.8. The van der Waals surface area contributed by atoms with Gasteiger partial charge in [-0.15, -0.1) is 0 Å². The van der Waals surface area contributed by atoms with Gasteiger partial charge in [0.05, 0.1) is 6.04 Å². The Hall–Kier alpha value is -2.24. The zero-order valence-corrected chi connectivity index (χ0v) is 14.9. The number of carbonyl (C=O) groups excluding carboxylic acids is 1. The molecule has 1 unspecified atom stereocenters. The summed E-state index contributed by atoms with van der Waals surface area (Å²) in [5, 5.41) is 12.9. The van der Waals surface area contributed by atoms with E-state index in [1.165, 1.54) is 0 Å². The Morgan fingerprint density at radius 2 is 1.80 bits per heavy atom. The predicted octanol–water partition coefficient (Wildman–Crippen LogP) is 3.19. The van der Waals surface area contributed by atoms with Crippen LogP contribution in [-0.2, 0) is 4.79 Å². The molecule has 0 aliphatic carbocycles. The van der Waals surface area contributed by atoms with Crippen molar-refractivity contribution in [3.05, 3.63) is 53.6 Å². The van der Waals surface area contributed by atoms with Crippen molar-refractivity contribution in [2.24, 2.45) is 0 Å². The van der Waals surface area contributed by atoms with Crippen LogP contribution in [0.25, 0.3) is 0 Å². The van der Waals surface area contributed by atoms with E-state index >= 15 is 0 Å². The molecule has 25 heavy (non-hydrogen) atoms. The number of nitrogens with one attached hydrogen (secondary N) is 1. The molecule has 1 aliphatic heterocycles. The Balaban J connectivity index is 1.54. The van der Waals surface area contributed by atoms with E-state index in [2.05, 4.69) is 15.1 Å². The highest BCUT2D eigenvalue weighted by atomic mass is 35.5. The van der Waals surface area contributed by atoms with Crippen molar-refractivity contribution >= 4 is 28.9 Å². The van der Waals surface area contributed by atoms with E-state index in [4.69, 9.17) is 11.6 Å². The first-order chi connectivity index (χ1) is 12.0. The summed E-state index contributed by atoms with van der Waals surface area (Å²) in [6.07, 6.45) is 0. The van der Waals surface area contributed by atoms with Crippen molar-refractivity contribution in [2.75, 3.05) is 36.4 Å². The molecule has 2 aromatic rings. The van der Waals surface area contributed by atoms with Gasteiger partial charge in [-0.2, -0.15) is 0 Å². The highest BCUT2D eigenvalue weighted by Crippen LogP contribution is 2.21. The van der Waals surface area contributed by atoms with Crippen molar-refractivity contribution in [1.29, 1.82) is 0 Å². The minimum atomic E-state index is -0.207. The number of piperazine rings is 1. The Morgan fingerprint density at radius 1 is 1.12 bits per heavy atom. The van der Waals surface area contributed by atoms with Gasteiger partial charge < -0.3 is 15.3 Å². The van der Waals surface area contributed by atoms with Crippen molar-refractivity contribution in [2.45, 2.75) is 13.0 Å². The molecule has 2 N–H and O–H groups in total. The first-order valence-electron chi connectivity index (χ1n) is 8.37. The number of carbonyl (C=O) groups is 1. The van der Waals surface area contributed by atoms with Crippen molar-refractivity contribution in [1.82, 2.24) is 4.90 Å². The summed E-state index contributed by atoms with van der Waals surface area (Å²) in [6.45, 7) is 5.24. The van der Waals surface area contributed by atoms with Gasteiger partial charge in [-0.25, -0.2) is 0 Å². The van der Waals surface area contributed by atoms with Crippen LogP contribution in [0, 0.1) is 0 Å². The third kappa shape index (κ3) is 4.44. The van der Waals surface area contributed by atoms with Crippen molar-refractivity contribution in [3.8, 4) is 5.75 Å². The molecule has 0 spiro atoms. The van der Waals surface area contributed by atoms with E-state index < -0.39 is 0 Å². The van der Waals surface area contributed by atoms with Crippen LogP contribution in [0.5, 0.6) is 5.75 Å². The minimum absolute atomic E-state index is 0.0275. The zero-order valence-electron chi connectivity index (χ0n) is 14.2. The molecule has 132 valence electrons. The minimum Gasteiger partial charge on any atom is -0.508 e. The van der Waals surface area contributed by atoms with Crippen LogP contribution in [0.2, 0.25) is 5.02 Å². The lowest BCUT2D eigenvalue weighted by Gasteiger charge is -2.38. The lowest BCUT2D eigenvalue weighted by atomic mass is 10.2. The molecule has 1 amide bonds. The van der Waals surface area contributed by atoms with Crippen molar-refractivity contribution in [3.63, 3.8) is 0 Å². The first-order valence-corrected chi connectivity index (χ1v) is 8.75. The van der Waals surface area contributed by atoms with E-state index in [0.717, 1.165) is 31.9 Å². The monoisotopic (exact) mass is 359 g/mol. The summed E-state index contributed by atoms with van der Waals surface area (Å²) in [4.78, 5) is 16.9. The van der Waals surface area contributed by atoms with E-state index in [1.54, 1.807) is 24.3 Å². The van der Waals surface area contributed by atoms with Gasteiger partial charge in [0.2, 0.25) is 5.91 Å². The molecule has 1 fully saturated rings. The molecule has 5 nitrogen and oxygen atoms in total. The number of nitrogens with zero attached hydrogens (tertiary/aromatic N) is 2. The van der Waals surface area contributed by atoms with Crippen molar-refractivity contribution < 1.29 is 9.90 Å². The number of amides is 1. The summed E-state index contributed by atoms with van der Waals surface area (Å²) in [7, 11) is 0. The van der Waals surface area contributed by atoms with Crippen LogP contribution in [0.3, 0.4) is 0 Å². The number of phenolic OH excluding ortho intramolecular Hbond substituents is 1. The largest absolute Gasteiger partial charge is 0.508 e. The molecular weight excluding hydrogens is 338 g/mol. The molecule has 0 aromatic heterocycles. The predicted molar refractivity (Wildman–Crippen MR) is 101 cm³/mol. The fourth-order valence-corrected chi connectivity index (χ4v) is 3.20. The number of anilines is 2. The second-order valence-electron chi connectivity index (χ2n) is 6.21. The van der Waals surface area contributed by atoms with Gasteiger partial charge in [0, 0.05) is 42.6 Å². The van der Waals surface area contributed by atoms with Gasteiger partial charge in [-0.1, -0.05) is 17.7 Å². The van der Waals surface area contributed by atoms with E-state index in [1.807, 2.05) is 31.2 Å². The summed E-state index contributed by atoms with van der Waals surface area (Å²) < 4.78 is 0. The lowest BCUT2D eigenvalue weighted by Crippen LogP contribution is -2.52. The molecule has 1 heterocycles. The molecule has 6 heteroatoms. The molecule has 1 saturated heterocycles. The highest BCUT2D eigenvalue weighted by Gasteiger charge is 2.25. The fourth-order valence-electron chi connectivity index (χ4n) is 3.01. The SMILES string of the molecule is CC(C(=O)Nc1cccc(Cl)c1)N1CCN(c2ccc(O)cc2)CC1. The number of aromatic hydroxyl groups is 1. The normalized spacial score (nSPS) is 16.5.